The summed E-state index contributed by atoms with van der Waals surface area (Å²) in [7, 11) is 1.85. The van der Waals surface area contributed by atoms with Crippen LogP contribution in [0, 0.1) is 0 Å². The van der Waals surface area contributed by atoms with Gasteiger partial charge in [0, 0.05) is 25.6 Å². The lowest BCUT2D eigenvalue weighted by molar-refractivity contribution is 0.0959. The van der Waals surface area contributed by atoms with Crippen molar-refractivity contribution in [2.45, 2.75) is 6.04 Å². The van der Waals surface area contributed by atoms with Crippen molar-refractivity contribution in [3.63, 3.8) is 0 Å². The first-order chi connectivity index (χ1) is 7.75. The van der Waals surface area contributed by atoms with Crippen LogP contribution in [-0.4, -0.2) is 20.7 Å². The van der Waals surface area contributed by atoms with Crippen LogP contribution < -0.4 is 5.32 Å². The normalized spacial score (nSPS) is 18.3. The highest BCUT2D eigenvalue weighted by Gasteiger charge is 2.30. The van der Waals surface area contributed by atoms with E-state index in [1.54, 1.807) is 17.1 Å². The van der Waals surface area contributed by atoms with E-state index in [0.29, 0.717) is 5.56 Å². The fourth-order valence-corrected chi connectivity index (χ4v) is 1.95. The second-order valence-corrected chi connectivity index (χ2v) is 3.78. The van der Waals surface area contributed by atoms with E-state index in [4.69, 9.17) is 0 Å². The van der Waals surface area contributed by atoms with Gasteiger partial charge < -0.3 is 5.32 Å². The van der Waals surface area contributed by atoms with Gasteiger partial charge >= 0.3 is 0 Å². The topological polar surface area (TPSA) is 59.8 Å². The number of fused-ring (bicyclic) bond motifs is 1. The molecular weight excluding hydrogens is 204 g/mol. The Morgan fingerprint density at radius 3 is 3.06 bits per heavy atom. The lowest BCUT2D eigenvalue weighted by atomic mass is 10.1. The van der Waals surface area contributed by atoms with E-state index in [1.807, 2.05) is 25.4 Å². The predicted octanol–water partition coefficient (Wildman–Crippen LogP) is 0.648. The van der Waals surface area contributed by atoms with Gasteiger partial charge in [-0.1, -0.05) is 0 Å². The third-order valence-corrected chi connectivity index (χ3v) is 2.72. The minimum absolute atomic E-state index is 0.0845. The molecule has 2 aromatic rings. The van der Waals surface area contributed by atoms with E-state index in [1.165, 1.54) is 0 Å². The van der Waals surface area contributed by atoms with Gasteiger partial charge in [0.25, 0.3) is 5.91 Å². The van der Waals surface area contributed by atoms with E-state index in [0.717, 1.165) is 11.3 Å². The Hall–Kier alpha value is -2.17. The zero-order valence-electron chi connectivity index (χ0n) is 8.71. The minimum atomic E-state index is -0.147. The lowest BCUT2D eigenvalue weighted by Gasteiger charge is -2.07. The number of hydrogen-bond donors (Lipinski definition) is 1. The average Bonchev–Trinajstić information content (AvgIpc) is 2.84. The van der Waals surface area contributed by atoms with Crippen LogP contribution in [0.5, 0.6) is 0 Å². The van der Waals surface area contributed by atoms with E-state index >= 15 is 0 Å². The Balaban J connectivity index is 2.10. The fraction of sp³-hybridized carbons (Fsp3) is 0.182. The third kappa shape index (κ3) is 1.21. The Labute approximate surface area is 92.1 Å². The SMILES string of the molecule is Cn1ccc(C2NC(=O)c3cnccc32)n1. The fourth-order valence-electron chi connectivity index (χ4n) is 1.95. The summed E-state index contributed by atoms with van der Waals surface area (Å²) in [6.07, 6.45) is 5.14. The summed E-state index contributed by atoms with van der Waals surface area (Å²) in [6, 6.07) is 3.61. The standard InChI is InChI=1S/C11H10N4O/c1-15-5-3-9(14-15)10-7-2-4-12-6-8(7)11(16)13-10/h2-6,10H,1H3,(H,13,16). The summed E-state index contributed by atoms with van der Waals surface area (Å²) >= 11 is 0. The Morgan fingerprint density at radius 1 is 1.44 bits per heavy atom. The van der Waals surface area contributed by atoms with Gasteiger partial charge in [-0.15, -0.1) is 0 Å². The molecule has 1 aliphatic heterocycles. The average molecular weight is 214 g/mol. The number of nitrogens with zero attached hydrogens (tertiary/aromatic N) is 3. The van der Waals surface area contributed by atoms with Crippen molar-refractivity contribution in [2.24, 2.45) is 7.05 Å². The smallest absolute Gasteiger partial charge is 0.254 e. The summed E-state index contributed by atoms with van der Waals surface area (Å²) in [5, 5.41) is 7.20. The largest absolute Gasteiger partial charge is 0.339 e. The van der Waals surface area contributed by atoms with E-state index in [9.17, 15) is 4.79 Å². The molecule has 3 heterocycles. The molecule has 1 unspecified atom stereocenters. The van der Waals surface area contributed by atoms with Gasteiger partial charge in [0.2, 0.25) is 0 Å². The van der Waals surface area contributed by atoms with Gasteiger partial charge in [-0.05, 0) is 17.7 Å². The first kappa shape index (κ1) is 9.08. The van der Waals surface area contributed by atoms with Crippen LogP contribution in [0.2, 0.25) is 0 Å². The van der Waals surface area contributed by atoms with Crippen molar-refractivity contribution in [1.82, 2.24) is 20.1 Å². The van der Waals surface area contributed by atoms with Crippen molar-refractivity contribution < 1.29 is 4.79 Å². The molecule has 0 radical (unpaired) electrons. The van der Waals surface area contributed by atoms with Crippen molar-refractivity contribution in [3.05, 3.63) is 47.5 Å². The number of hydrogen-bond acceptors (Lipinski definition) is 3. The molecule has 0 spiro atoms. The highest BCUT2D eigenvalue weighted by atomic mass is 16.2. The quantitative estimate of drug-likeness (QED) is 0.758. The molecule has 5 nitrogen and oxygen atoms in total. The first-order valence-corrected chi connectivity index (χ1v) is 5.00. The summed E-state index contributed by atoms with van der Waals surface area (Å²) in [5.41, 5.74) is 2.43. The molecule has 80 valence electrons. The predicted molar refractivity (Wildman–Crippen MR) is 56.8 cm³/mol. The summed E-state index contributed by atoms with van der Waals surface area (Å²) in [6.45, 7) is 0. The Morgan fingerprint density at radius 2 is 2.31 bits per heavy atom. The maximum absolute atomic E-state index is 11.7. The molecule has 0 bridgehead atoms. The molecule has 0 fully saturated rings. The van der Waals surface area contributed by atoms with Crippen molar-refractivity contribution in [3.8, 4) is 0 Å². The maximum atomic E-state index is 11.7. The van der Waals surface area contributed by atoms with Crippen LogP contribution in [0.4, 0.5) is 0 Å². The second-order valence-electron chi connectivity index (χ2n) is 3.78. The molecule has 1 amide bonds. The van der Waals surface area contributed by atoms with Crippen molar-refractivity contribution in [1.29, 1.82) is 0 Å². The molecule has 1 atom stereocenters. The second kappa shape index (κ2) is 3.16. The maximum Gasteiger partial charge on any atom is 0.254 e. The third-order valence-electron chi connectivity index (χ3n) is 2.72. The van der Waals surface area contributed by atoms with Gasteiger partial charge in [-0.3, -0.25) is 14.5 Å². The zero-order valence-corrected chi connectivity index (χ0v) is 8.71. The molecule has 1 N–H and O–H groups in total. The summed E-state index contributed by atoms with van der Waals surface area (Å²) < 4.78 is 1.72. The Kier molecular flexibility index (Phi) is 1.80. The van der Waals surface area contributed by atoms with Gasteiger partial charge in [0.05, 0.1) is 17.3 Å². The number of carbonyl (C=O) groups is 1. The zero-order chi connectivity index (χ0) is 11.1. The number of nitrogens with one attached hydrogen (secondary N) is 1. The van der Waals surface area contributed by atoms with Crippen LogP contribution in [0.1, 0.15) is 27.7 Å². The number of aromatic nitrogens is 3. The highest BCUT2D eigenvalue weighted by molar-refractivity contribution is 5.99. The molecule has 0 saturated heterocycles. The number of aryl methyl sites for hydroxylation is 1. The number of rotatable bonds is 1. The molecule has 2 aromatic heterocycles. The molecule has 1 aliphatic rings. The number of amides is 1. The van der Waals surface area contributed by atoms with E-state index in [-0.39, 0.29) is 11.9 Å². The minimum Gasteiger partial charge on any atom is -0.339 e. The molecule has 16 heavy (non-hydrogen) atoms. The first-order valence-electron chi connectivity index (χ1n) is 5.00. The molecule has 3 rings (SSSR count). The lowest BCUT2D eigenvalue weighted by Crippen LogP contribution is -2.20. The van der Waals surface area contributed by atoms with Crippen LogP contribution in [-0.2, 0) is 7.05 Å². The molecule has 0 aromatic carbocycles. The van der Waals surface area contributed by atoms with Gasteiger partial charge in [-0.2, -0.15) is 5.10 Å². The van der Waals surface area contributed by atoms with E-state index < -0.39 is 0 Å². The summed E-state index contributed by atoms with van der Waals surface area (Å²) in [5.74, 6) is -0.0845. The van der Waals surface area contributed by atoms with Crippen LogP contribution in [0.3, 0.4) is 0 Å². The van der Waals surface area contributed by atoms with Gasteiger partial charge in [-0.25, -0.2) is 0 Å². The van der Waals surface area contributed by atoms with Crippen LogP contribution in [0.15, 0.2) is 30.7 Å². The van der Waals surface area contributed by atoms with E-state index in [2.05, 4.69) is 15.4 Å². The molecule has 0 saturated carbocycles. The van der Waals surface area contributed by atoms with Crippen molar-refractivity contribution in [2.75, 3.05) is 0 Å². The molecule has 0 aliphatic carbocycles. The molecule has 5 heteroatoms. The van der Waals surface area contributed by atoms with Gasteiger partial charge in [0.15, 0.2) is 0 Å². The van der Waals surface area contributed by atoms with Gasteiger partial charge in [0.1, 0.15) is 0 Å². The highest BCUT2D eigenvalue weighted by Crippen LogP contribution is 2.28. The number of pyridine rings is 1. The number of carbonyl (C=O) groups excluding carboxylic acids is 1. The summed E-state index contributed by atoms with van der Waals surface area (Å²) in [4.78, 5) is 15.6. The monoisotopic (exact) mass is 214 g/mol. The van der Waals surface area contributed by atoms with Crippen LogP contribution in [0.25, 0.3) is 0 Å². The van der Waals surface area contributed by atoms with Crippen LogP contribution >= 0.6 is 0 Å². The Bertz CT molecular complexity index is 561. The molecular formula is C11H10N4O. The van der Waals surface area contributed by atoms with Crippen molar-refractivity contribution >= 4 is 5.91 Å².